The highest BCUT2D eigenvalue weighted by Gasteiger charge is 2.48. The van der Waals surface area contributed by atoms with E-state index in [0.717, 1.165) is 12.0 Å². The van der Waals surface area contributed by atoms with Crippen LogP contribution in [0.1, 0.15) is 115 Å². The Bertz CT molecular complexity index is 779. The van der Waals surface area contributed by atoms with Crippen molar-refractivity contribution in [3.63, 3.8) is 0 Å². The molecule has 0 spiro atoms. The highest BCUT2D eigenvalue weighted by molar-refractivity contribution is 5.81. The maximum absolute atomic E-state index is 11.7. The van der Waals surface area contributed by atoms with Gasteiger partial charge in [0, 0.05) is 6.08 Å². The maximum atomic E-state index is 11.7. The van der Waals surface area contributed by atoms with Crippen LogP contribution in [0.2, 0.25) is 0 Å². The van der Waals surface area contributed by atoms with E-state index in [2.05, 4.69) is 31.2 Å². The Labute approximate surface area is 206 Å². The highest BCUT2D eigenvalue weighted by atomic mass is 16.7. The molecule has 0 N–H and O–H groups in total. The lowest BCUT2D eigenvalue weighted by Gasteiger charge is -2.54. The van der Waals surface area contributed by atoms with Crippen LogP contribution in [0.15, 0.2) is 36.4 Å². The predicted molar refractivity (Wildman–Crippen MR) is 136 cm³/mol. The lowest BCUT2D eigenvalue weighted by atomic mass is 9.51. The molecule has 3 aliphatic carbocycles. The molecule has 5 rings (SSSR count). The van der Waals surface area contributed by atoms with E-state index < -0.39 is 6.29 Å². The van der Waals surface area contributed by atoms with Gasteiger partial charge in [-0.25, -0.2) is 4.79 Å². The normalized spacial score (nSPS) is 31.1. The van der Waals surface area contributed by atoms with E-state index in [1.54, 1.807) is 6.08 Å². The minimum absolute atomic E-state index is 0.106. The molecule has 0 radical (unpaired) electrons. The summed E-state index contributed by atoms with van der Waals surface area (Å²) < 4.78 is 17.0. The molecule has 1 aliphatic heterocycles. The molecule has 34 heavy (non-hydrogen) atoms. The molecular formula is C30H44O4. The SMILES string of the molecule is CC/C=C/C(=O)O[C@@H]1CO[C@@H](c2ccc(C34CCC(CCCCCCC)(CC3)CC4)cc2)CO1. The smallest absolute Gasteiger partial charge is 0.332 e. The van der Waals surface area contributed by atoms with Gasteiger partial charge in [-0.15, -0.1) is 0 Å². The number of rotatable bonds is 11. The molecule has 4 aliphatic rings. The molecule has 1 aromatic rings. The topological polar surface area (TPSA) is 44.8 Å². The van der Waals surface area contributed by atoms with Gasteiger partial charge in [-0.1, -0.05) is 76.3 Å². The fourth-order valence-electron chi connectivity index (χ4n) is 6.36. The zero-order chi connectivity index (χ0) is 23.9. The molecule has 0 unspecified atom stereocenters. The first-order valence-electron chi connectivity index (χ1n) is 13.8. The van der Waals surface area contributed by atoms with Crippen molar-refractivity contribution in [1.82, 2.24) is 0 Å². The minimum atomic E-state index is -0.625. The van der Waals surface area contributed by atoms with Crippen LogP contribution in [0.5, 0.6) is 0 Å². The molecule has 1 saturated heterocycles. The van der Waals surface area contributed by atoms with Crippen molar-refractivity contribution < 1.29 is 19.0 Å². The van der Waals surface area contributed by atoms with Crippen molar-refractivity contribution in [2.45, 2.75) is 115 Å². The molecule has 0 amide bonds. The first-order chi connectivity index (χ1) is 16.6. The van der Waals surface area contributed by atoms with Crippen molar-refractivity contribution in [1.29, 1.82) is 0 Å². The number of carbonyl (C=O) groups is 1. The maximum Gasteiger partial charge on any atom is 0.332 e. The van der Waals surface area contributed by atoms with E-state index in [-0.39, 0.29) is 18.7 Å². The molecule has 4 heteroatoms. The van der Waals surface area contributed by atoms with E-state index in [4.69, 9.17) is 14.2 Å². The fourth-order valence-corrected chi connectivity index (χ4v) is 6.36. The van der Waals surface area contributed by atoms with Crippen molar-refractivity contribution in [3.05, 3.63) is 47.5 Å². The van der Waals surface area contributed by atoms with Gasteiger partial charge in [0.25, 0.3) is 0 Å². The predicted octanol–water partition coefficient (Wildman–Crippen LogP) is 7.56. The molecule has 4 nitrogen and oxygen atoms in total. The summed E-state index contributed by atoms with van der Waals surface area (Å²) in [6.45, 7) is 4.94. The number of esters is 1. The third-order valence-electron chi connectivity index (χ3n) is 8.71. The van der Waals surface area contributed by atoms with Crippen molar-refractivity contribution >= 4 is 5.97 Å². The van der Waals surface area contributed by atoms with Crippen LogP contribution in [-0.4, -0.2) is 25.5 Å². The van der Waals surface area contributed by atoms with Crippen LogP contribution in [-0.2, 0) is 24.4 Å². The van der Waals surface area contributed by atoms with Crippen molar-refractivity contribution in [2.24, 2.45) is 5.41 Å². The van der Waals surface area contributed by atoms with Crippen LogP contribution in [0, 0.1) is 5.41 Å². The minimum Gasteiger partial charge on any atom is -0.430 e. The Hall–Kier alpha value is -1.65. The molecule has 188 valence electrons. The fraction of sp³-hybridized carbons (Fsp3) is 0.700. The van der Waals surface area contributed by atoms with Gasteiger partial charge in [0.1, 0.15) is 12.7 Å². The quantitative estimate of drug-likeness (QED) is 0.191. The van der Waals surface area contributed by atoms with Gasteiger partial charge in [0.15, 0.2) is 0 Å². The average Bonchev–Trinajstić information content (AvgIpc) is 2.89. The van der Waals surface area contributed by atoms with Gasteiger partial charge in [-0.3, -0.25) is 0 Å². The number of unbranched alkanes of at least 4 members (excludes halogenated alkanes) is 4. The summed E-state index contributed by atoms with van der Waals surface area (Å²) in [6, 6.07) is 9.12. The standard InChI is InChI=1S/C30H44O4/c1-3-5-7-8-9-15-29-16-19-30(20-17-29,21-18-29)25-13-11-24(12-14-25)26-22-33-28(23-32-26)34-27(31)10-6-4-2/h6,10-14,26,28H,3-5,7-9,15-23H2,1-2H3/b10-6+/t26-,28-,29?,30?/m1/s1. The van der Waals surface area contributed by atoms with Gasteiger partial charge >= 0.3 is 5.97 Å². The first kappa shape index (κ1) is 25.4. The average molecular weight is 469 g/mol. The molecule has 2 bridgehead atoms. The van der Waals surface area contributed by atoms with Crippen molar-refractivity contribution in [2.75, 3.05) is 13.2 Å². The lowest BCUT2D eigenvalue weighted by Crippen LogP contribution is -2.44. The number of hydrogen-bond donors (Lipinski definition) is 0. The second-order valence-corrected chi connectivity index (χ2v) is 10.9. The Balaban J connectivity index is 1.26. The van der Waals surface area contributed by atoms with E-state index >= 15 is 0 Å². The molecule has 1 heterocycles. The third kappa shape index (κ3) is 6.12. The Morgan fingerprint density at radius 2 is 1.65 bits per heavy atom. The largest absolute Gasteiger partial charge is 0.430 e. The zero-order valence-electron chi connectivity index (χ0n) is 21.4. The second-order valence-electron chi connectivity index (χ2n) is 10.9. The van der Waals surface area contributed by atoms with Gasteiger partial charge in [0.2, 0.25) is 6.29 Å². The lowest BCUT2D eigenvalue weighted by molar-refractivity contribution is -0.230. The van der Waals surface area contributed by atoms with Gasteiger partial charge < -0.3 is 14.2 Å². The molecule has 1 aromatic carbocycles. The summed E-state index contributed by atoms with van der Waals surface area (Å²) in [7, 11) is 0. The number of fused-ring (bicyclic) bond motifs is 3. The first-order valence-corrected chi connectivity index (χ1v) is 13.8. The third-order valence-corrected chi connectivity index (χ3v) is 8.71. The van der Waals surface area contributed by atoms with E-state index in [0.29, 0.717) is 17.4 Å². The summed E-state index contributed by atoms with van der Waals surface area (Å²) in [4.78, 5) is 11.7. The Morgan fingerprint density at radius 3 is 2.26 bits per heavy atom. The van der Waals surface area contributed by atoms with E-state index in [1.807, 2.05) is 6.92 Å². The van der Waals surface area contributed by atoms with Crippen LogP contribution in [0.3, 0.4) is 0 Å². The highest BCUT2D eigenvalue weighted by Crippen LogP contribution is 2.59. The molecule has 4 fully saturated rings. The number of benzene rings is 1. The molecule has 3 saturated carbocycles. The van der Waals surface area contributed by atoms with Crippen molar-refractivity contribution in [3.8, 4) is 0 Å². The zero-order valence-corrected chi connectivity index (χ0v) is 21.4. The van der Waals surface area contributed by atoms with Crippen LogP contribution >= 0.6 is 0 Å². The van der Waals surface area contributed by atoms with Gasteiger partial charge in [0.05, 0.1) is 6.61 Å². The van der Waals surface area contributed by atoms with Crippen LogP contribution in [0.25, 0.3) is 0 Å². The van der Waals surface area contributed by atoms with Crippen LogP contribution < -0.4 is 0 Å². The van der Waals surface area contributed by atoms with E-state index in [1.165, 1.54) is 88.7 Å². The summed E-state index contributed by atoms with van der Waals surface area (Å²) >= 11 is 0. The second kappa shape index (κ2) is 11.9. The monoisotopic (exact) mass is 468 g/mol. The number of hydrogen-bond acceptors (Lipinski definition) is 4. The Morgan fingerprint density at radius 1 is 0.941 bits per heavy atom. The summed E-state index contributed by atoms with van der Waals surface area (Å²) in [5.41, 5.74) is 3.69. The molecular weight excluding hydrogens is 424 g/mol. The molecule has 2 atom stereocenters. The Kier molecular flexibility index (Phi) is 8.87. The number of allylic oxidation sites excluding steroid dienone is 1. The molecule has 0 aromatic heterocycles. The number of ether oxygens (including phenoxy) is 3. The van der Waals surface area contributed by atoms with Crippen LogP contribution in [0.4, 0.5) is 0 Å². The van der Waals surface area contributed by atoms with E-state index in [9.17, 15) is 4.79 Å². The summed E-state index contributed by atoms with van der Waals surface area (Å²) in [5, 5.41) is 0. The van der Waals surface area contributed by atoms with Gasteiger partial charge in [-0.05, 0) is 73.3 Å². The number of carbonyl (C=O) groups excluding carboxylic acids is 1. The summed E-state index contributed by atoms with van der Waals surface area (Å²) in [5.74, 6) is -0.377. The summed E-state index contributed by atoms with van der Waals surface area (Å²) in [6.07, 6.45) is 20.0. The van der Waals surface area contributed by atoms with Gasteiger partial charge in [-0.2, -0.15) is 0 Å².